The van der Waals surface area contributed by atoms with Crippen LogP contribution in [0.5, 0.6) is 5.75 Å². The van der Waals surface area contributed by atoms with Crippen LogP contribution in [-0.4, -0.2) is 12.5 Å². The molecule has 0 saturated carbocycles. The fraction of sp³-hybridized carbons (Fsp3) is 0.300. The Labute approximate surface area is 98.1 Å². The first-order valence-corrected chi connectivity index (χ1v) is 5.13. The van der Waals surface area contributed by atoms with Crippen molar-refractivity contribution in [2.24, 2.45) is 11.7 Å². The first kappa shape index (κ1) is 12.1. The fourth-order valence-electron chi connectivity index (χ4n) is 0.889. The number of hydrogen-bond donors (Lipinski definition) is 1. The monoisotopic (exact) mass is 247 g/mol. The second kappa shape index (κ2) is 5.24. The molecule has 1 unspecified atom stereocenters. The molecule has 0 aliphatic carbocycles. The normalized spacial score (nSPS) is 12.2. The SMILES string of the molecule is CC(COc1ccc(Cl)cc1Cl)C(N)=O. The van der Waals surface area contributed by atoms with E-state index in [4.69, 9.17) is 33.7 Å². The average molecular weight is 248 g/mol. The second-order valence-electron chi connectivity index (χ2n) is 3.19. The van der Waals surface area contributed by atoms with E-state index < -0.39 is 5.91 Å². The van der Waals surface area contributed by atoms with E-state index in [9.17, 15) is 4.79 Å². The Hall–Kier alpha value is -0.930. The Kier molecular flexibility index (Phi) is 4.24. The Morgan fingerprint density at radius 3 is 2.73 bits per heavy atom. The number of carbonyl (C=O) groups is 1. The topological polar surface area (TPSA) is 52.3 Å². The van der Waals surface area contributed by atoms with Gasteiger partial charge in [-0.15, -0.1) is 0 Å². The molecule has 15 heavy (non-hydrogen) atoms. The molecule has 1 aromatic rings. The Bertz CT molecular complexity index is 368. The molecule has 3 nitrogen and oxygen atoms in total. The van der Waals surface area contributed by atoms with Crippen LogP contribution in [0.15, 0.2) is 18.2 Å². The lowest BCUT2D eigenvalue weighted by Crippen LogP contribution is -2.25. The maximum atomic E-state index is 10.7. The summed E-state index contributed by atoms with van der Waals surface area (Å²) in [5.74, 6) is -0.258. The summed E-state index contributed by atoms with van der Waals surface area (Å²) in [5.41, 5.74) is 5.09. The van der Waals surface area contributed by atoms with Gasteiger partial charge in [0, 0.05) is 5.02 Å². The van der Waals surface area contributed by atoms with Crippen LogP contribution in [0.3, 0.4) is 0 Å². The Morgan fingerprint density at radius 1 is 1.53 bits per heavy atom. The molecule has 0 bridgehead atoms. The van der Waals surface area contributed by atoms with Gasteiger partial charge in [-0.3, -0.25) is 4.79 Å². The maximum absolute atomic E-state index is 10.7. The first-order chi connectivity index (χ1) is 7.00. The summed E-state index contributed by atoms with van der Waals surface area (Å²) in [6.45, 7) is 1.89. The molecule has 2 N–H and O–H groups in total. The number of halogens is 2. The Morgan fingerprint density at radius 2 is 2.20 bits per heavy atom. The third kappa shape index (κ3) is 3.61. The summed E-state index contributed by atoms with van der Waals surface area (Å²) >= 11 is 11.6. The zero-order valence-corrected chi connectivity index (χ0v) is 9.68. The van der Waals surface area contributed by atoms with E-state index in [1.54, 1.807) is 25.1 Å². The van der Waals surface area contributed by atoms with E-state index in [0.717, 1.165) is 0 Å². The van der Waals surface area contributed by atoms with Crippen LogP contribution in [0.2, 0.25) is 10.0 Å². The van der Waals surface area contributed by atoms with Crippen molar-refractivity contribution in [2.45, 2.75) is 6.92 Å². The molecule has 1 amide bonds. The number of rotatable bonds is 4. The van der Waals surface area contributed by atoms with Crippen LogP contribution in [0, 0.1) is 5.92 Å². The molecule has 1 rings (SSSR count). The predicted octanol–water partition coefficient (Wildman–Crippen LogP) is 2.49. The molecule has 82 valence electrons. The molecule has 1 aromatic carbocycles. The number of benzene rings is 1. The zero-order chi connectivity index (χ0) is 11.4. The molecule has 1 atom stereocenters. The van der Waals surface area contributed by atoms with Crippen molar-refractivity contribution >= 4 is 29.1 Å². The molecule has 0 radical (unpaired) electrons. The number of carbonyl (C=O) groups excluding carboxylic acids is 1. The van der Waals surface area contributed by atoms with Crippen LogP contribution in [0.1, 0.15) is 6.92 Å². The standard InChI is InChI=1S/C10H11Cl2NO2/c1-6(10(13)14)5-15-9-3-2-7(11)4-8(9)12/h2-4,6H,5H2,1H3,(H2,13,14). The number of hydrogen-bond acceptors (Lipinski definition) is 2. The van der Waals surface area contributed by atoms with Gasteiger partial charge in [0.1, 0.15) is 5.75 Å². The van der Waals surface area contributed by atoms with E-state index >= 15 is 0 Å². The summed E-state index contributed by atoms with van der Waals surface area (Å²) < 4.78 is 5.32. The molecule has 0 fully saturated rings. The first-order valence-electron chi connectivity index (χ1n) is 4.38. The molecule has 0 aromatic heterocycles. The summed E-state index contributed by atoms with van der Waals surface area (Å²) in [5, 5.41) is 0.953. The minimum absolute atomic E-state index is 0.205. The van der Waals surface area contributed by atoms with Gasteiger partial charge in [0.05, 0.1) is 17.5 Å². The number of nitrogens with two attached hydrogens (primary N) is 1. The number of amides is 1. The van der Waals surface area contributed by atoms with Crippen molar-refractivity contribution in [1.29, 1.82) is 0 Å². The second-order valence-corrected chi connectivity index (χ2v) is 4.03. The molecular formula is C10H11Cl2NO2. The highest BCUT2D eigenvalue weighted by molar-refractivity contribution is 6.35. The quantitative estimate of drug-likeness (QED) is 0.889. The third-order valence-corrected chi connectivity index (χ3v) is 2.40. The van der Waals surface area contributed by atoms with Gasteiger partial charge in [-0.1, -0.05) is 30.1 Å². The number of ether oxygens (including phenoxy) is 1. The summed E-state index contributed by atoms with van der Waals surface area (Å²) in [4.78, 5) is 10.7. The van der Waals surface area contributed by atoms with Crippen LogP contribution < -0.4 is 10.5 Å². The van der Waals surface area contributed by atoms with E-state index in [-0.39, 0.29) is 12.5 Å². The van der Waals surface area contributed by atoms with Gasteiger partial charge in [-0.05, 0) is 18.2 Å². The minimum atomic E-state index is -0.403. The smallest absolute Gasteiger partial charge is 0.223 e. The molecule has 5 heteroatoms. The van der Waals surface area contributed by atoms with Crippen molar-refractivity contribution in [1.82, 2.24) is 0 Å². The lowest BCUT2D eigenvalue weighted by Gasteiger charge is -2.11. The number of primary amides is 1. The van der Waals surface area contributed by atoms with Crippen molar-refractivity contribution in [3.05, 3.63) is 28.2 Å². The molecule has 0 spiro atoms. The average Bonchev–Trinajstić information content (AvgIpc) is 2.15. The van der Waals surface area contributed by atoms with E-state index in [2.05, 4.69) is 0 Å². The molecule has 0 heterocycles. The van der Waals surface area contributed by atoms with Crippen LogP contribution in [0.25, 0.3) is 0 Å². The summed E-state index contributed by atoms with van der Waals surface area (Å²) in [6, 6.07) is 4.89. The van der Waals surface area contributed by atoms with Crippen molar-refractivity contribution < 1.29 is 9.53 Å². The predicted molar refractivity (Wildman–Crippen MR) is 60.3 cm³/mol. The summed E-state index contributed by atoms with van der Waals surface area (Å²) in [6.07, 6.45) is 0. The lowest BCUT2D eigenvalue weighted by molar-refractivity contribution is -0.122. The van der Waals surface area contributed by atoms with Gasteiger partial charge >= 0.3 is 0 Å². The van der Waals surface area contributed by atoms with E-state index in [0.29, 0.717) is 15.8 Å². The largest absolute Gasteiger partial charge is 0.491 e. The van der Waals surface area contributed by atoms with Crippen LogP contribution >= 0.6 is 23.2 Å². The maximum Gasteiger partial charge on any atom is 0.223 e. The molecular weight excluding hydrogens is 237 g/mol. The third-order valence-electron chi connectivity index (χ3n) is 1.87. The molecule has 0 aliphatic rings. The molecule has 0 aliphatic heterocycles. The van der Waals surface area contributed by atoms with E-state index in [1.165, 1.54) is 0 Å². The highest BCUT2D eigenvalue weighted by Gasteiger charge is 2.10. The summed E-state index contributed by atoms with van der Waals surface area (Å²) in [7, 11) is 0. The van der Waals surface area contributed by atoms with Gasteiger partial charge in [0.2, 0.25) is 5.91 Å². The van der Waals surface area contributed by atoms with Gasteiger partial charge in [0.15, 0.2) is 0 Å². The van der Waals surface area contributed by atoms with Gasteiger partial charge < -0.3 is 10.5 Å². The highest BCUT2D eigenvalue weighted by atomic mass is 35.5. The Balaban J connectivity index is 2.62. The van der Waals surface area contributed by atoms with Crippen LogP contribution in [-0.2, 0) is 4.79 Å². The van der Waals surface area contributed by atoms with Crippen molar-refractivity contribution in [3.8, 4) is 5.75 Å². The zero-order valence-electron chi connectivity index (χ0n) is 8.17. The van der Waals surface area contributed by atoms with Crippen molar-refractivity contribution in [2.75, 3.05) is 6.61 Å². The van der Waals surface area contributed by atoms with Gasteiger partial charge in [-0.2, -0.15) is 0 Å². The lowest BCUT2D eigenvalue weighted by atomic mass is 10.2. The highest BCUT2D eigenvalue weighted by Crippen LogP contribution is 2.27. The van der Waals surface area contributed by atoms with Gasteiger partial charge in [-0.25, -0.2) is 0 Å². The van der Waals surface area contributed by atoms with Crippen molar-refractivity contribution in [3.63, 3.8) is 0 Å². The van der Waals surface area contributed by atoms with Crippen LogP contribution in [0.4, 0.5) is 0 Å². The fourth-order valence-corrected chi connectivity index (χ4v) is 1.35. The minimum Gasteiger partial charge on any atom is -0.491 e. The van der Waals surface area contributed by atoms with Gasteiger partial charge in [0.25, 0.3) is 0 Å². The molecule has 0 saturated heterocycles. The van der Waals surface area contributed by atoms with E-state index in [1.807, 2.05) is 0 Å².